The first kappa shape index (κ1) is 15.1. The van der Waals surface area contributed by atoms with Crippen molar-refractivity contribution < 1.29 is 14.3 Å². The lowest BCUT2D eigenvalue weighted by atomic mass is 10.1. The van der Waals surface area contributed by atoms with E-state index in [0.717, 1.165) is 13.1 Å². The molecule has 7 heteroatoms. The molecule has 1 saturated heterocycles. The first-order valence-electron chi connectivity index (χ1n) is 6.35. The van der Waals surface area contributed by atoms with Crippen LogP contribution < -0.4 is 21.1 Å². The molecule has 4 N–H and O–H groups in total. The summed E-state index contributed by atoms with van der Waals surface area (Å²) in [5.41, 5.74) is 6.74. The molecule has 1 unspecified atom stereocenters. The number of carbonyl (C=O) groups excluding carboxylic acids is 1. The first-order chi connectivity index (χ1) is 9.61. The number of nitrogen functional groups attached to an aromatic ring is 1. The van der Waals surface area contributed by atoms with E-state index in [4.69, 9.17) is 15.2 Å². The van der Waals surface area contributed by atoms with E-state index in [1.54, 1.807) is 12.1 Å². The predicted octanol–water partition coefficient (Wildman–Crippen LogP) is 0.758. The lowest BCUT2D eigenvalue weighted by Crippen LogP contribution is -2.45. The van der Waals surface area contributed by atoms with Crippen LogP contribution in [0.4, 0.5) is 5.69 Å². The molecule has 0 bridgehead atoms. The van der Waals surface area contributed by atoms with Crippen LogP contribution >= 0.6 is 15.9 Å². The van der Waals surface area contributed by atoms with Gasteiger partial charge < -0.3 is 25.8 Å². The molecule has 1 heterocycles. The third-order valence-electron chi connectivity index (χ3n) is 3.06. The van der Waals surface area contributed by atoms with Crippen molar-refractivity contribution in [1.29, 1.82) is 0 Å². The van der Waals surface area contributed by atoms with Gasteiger partial charge in [-0.2, -0.15) is 0 Å². The van der Waals surface area contributed by atoms with E-state index >= 15 is 0 Å². The standard InChI is InChI=1S/C13H18BrN3O3/c1-19-12-5-11(15)10(14)4-9(12)13(18)17-7-8-6-16-2-3-20-8/h4-5,8,16H,2-3,6-7,15H2,1H3,(H,17,18). The Kier molecular flexibility index (Phi) is 5.22. The number of benzene rings is 1. The monoisotopic (exact) mass is 343 g/mol. The van der Waals surface area contributed by atoms with Gasteiger partial charge in [-0.3, -0.25) is 4.79 Å². The summed E-state index contributed by atoms with van der Waals surface area (Å²) < 4.78 is 11.4. The van der Waals surface area contributed by atoms with Crippen molar-refractivity contribution >= 4 is 27.5 Å². The number of morpholine rings is 1. The minimum Gasteiger partial charge on any atom is -0.496 e. The fraction of sp³-hybridized carbons (Fsp3) is 0.462. The van der Waals surface area contributed by atoms with E-state index in [9.17, 15) is 4.79 Å². The summed E-state index contributed by atoms with van der Waals surface area (Å²) in [4.78, 5) is 12.2. The molecule has 2 rings (SSSR count). The predicted molar refractivity (Wildman–Crippen MR) is 80.0 cm³/mol. The lowest BCUT2D eigenvalue weighted by Gasteiger charge is -2.23. The van der Waals surface area contributed by atoms with Crippen LogP contribution in [-0.2, 0) is 4.74 Å². The number of amides is 1. The largest absolute Gasteiger partial charge is 0.496 e. The molecule has 20 heavy (non-hydrogen) atoms. The van der Waals surface area contributed by atoms with Gasteiger partial charge in [0, 0.05) is 35.9 Å². The minimum atomic E-state index is -0.211. The number of methoxy groups -OCH3 is 1. The Morgan fingerprint density at radius 3 is 3.10 bits per heavy atom. The summed E-state index contributed by atoms with van der Waals surface area (Å²) in [5.74, 6) is 0.239. The van der Waals surface area contributed by atoms with Gasteiger partial charge in [-0.05, 0) is 22.0 Å². The van der Waals surface area contributed by atoms with Gasteiger partial charge in [-0.15, -0.1) is 0 Å². The fourth-order valence-electron chi connectivity index (χ4n) is 1.97. The summed E-state index contributed by atoms with van der Waals surface area (Å²) in [6.45, 7) is 2.71. The molecule has 6 nitrogen and oxygen atoms in total. The lowest BCUT2D eigenvalue weighted by molar-refractivity contribution is 0.0287. The number of hydrogen-bond donors (Lipinski definition) is 3. The Morgan fingerprint density at radius 2 is 2.45 bits per heavy atom. The number of ether oxygens (including phenoxy) is 2. The maximum atomic E-state index is 12.2. The number of nitrogens with two attached hydrogens (primary N) is 1. The van der Waals surface area contributed by atoms with Crippen LogP contribution in [0.1, 0.15) is 10.4 Å². The van der Waals surface area contributed by atoms with Crippen molar-refractivity contribution in [1.82, 2.24) is 10.6 Å². The summed E-state index contributed by atoms with van der Waals surface area (Å²) in [5, 5.41) is 6.06. The normalized spacial score (nSPS) is 18.6. The zero-order valence-corrected chi connectivity index (χ0v) is 12.8. The summed E-state index contributed by atoms with van der Waals surface area (Å²) >= 11 is 3.31. The molecule has 1 aliphatic rings. The molecule has 0 saturated carbocycles. The van der Waals surface area contributed by atoms with Crippen LogP contribution in [0, 0.1) is 0 Å². The quantitative estimate of drug-likeness (QED) is 0.702. The average molecular weight is 344 g/mol. The van der Waals surface area contributed by atoms with Gasteiger partial charge in [0.15, 0.2) is 0 Å². The summed E-state index contributed by atoms with van der Waals surface area (Å²) in [7, 11) is 1.51. The molecule has 110 valence electrons. The summed E-state index contributed by atoms with van der Waals surface area (Å²) in [6, 6.07) is 3.28. The molecule has 1 atom stereocenters. The van der Waals surface area contributed by atoms with Crippen molar-refractivity contribution in [3.05, 3.63) is 22.2 Å². The second-order valence-corrected chi connectivity index (χ2v) is 5.34. The molecule has 1 aliphatic heterocycles. The molecule has 0 radical (unpaired) electrons. The van der Waals surface area contributed by atoms with Crippen LogP contribution in [0.3, 0.4) is 0 Å². The Labute approximate surface area is 126 Å². The number of anilines is 1. The van der Waals surface area contributed by atoms with Crippen LogP contribution in [-0.4, -0.2) is 45.4 Å². The Bertz CT molecular complexity index is 490. The molecule has 0 aliphatic carbocycles. The number of halogens is 1. The zero-order chi connectivity index (χ0) is 14.5. The highest BCUT2D eigenvalue weighted by Gasteiger charge is 2.18. The Hall–Kier alpha value is -1.31. The number of nitrogens with one attached hydrogen (secondary N) is 2. The van der Waals surface area contributed by atoms with Gasteiger partial charge in [-0.1, -0.05) is 0 Å². The maximum absolute atomic E-state index is 12.2. The zero-order valence-electron chi connectivity index (χ0n) is 11.2. The van der Waals surface area contributed by atoms with E-state index in [0.29, 0.717) is 34.6 Å². The number of hydrogen-bond acceptors (Lipinski definition) is 5. The third kappa shape index (κ3) is 3.62. The molecular weight excluding hydrogens is 326 g/mol. The highest BCUT2D eigenvalue weighted by molar-refractivity contribution is 9.10. The summed E-state index contributed by atoms with van der Waals surface area (Å²) in [6.07, 6.45) is -0.00378. The van der Waals surface area contributed by atoms with Crippen LogP contribution in [0.15, 0.2) is 16.6 Å². The van der Waals surface area contributed by atoms with Crippen molar-refractivity contribution in [3.8, 4) is 5.75 Å². The van der Waals surface area contributed by atoms with Crippen molar-refractivity contribution in [2.45, 2.75) is 6.10 Å². The minimum absolute atomic E-state index is 0.00378. The first-order valence-corrected chi connectivity index (χ1v) is 7.14. The van der Waals surface area contributed by atoms with Gasteiger partial charge in [0.25, 0.3) is 5.91 Å². The van der Waals surface area contributed by atoms with E-state index in [2.05, 4.69) is 26.6 Å². The SMILES string of the molecule is COc1cc(N)c(Br)cc1C(=O)NCC1CNCCO1. The molecule has 1 aromatic carbocycles. The molecular formula is C13H18BrN3O3. The van der Waals surface area contributed by atoms with E-state index < -0.39 is 0 Å². The molecule has 1 fully saturated rings. The second kappa shape index (κ2) is 6.92. The van der Waals surface area contributed by atoms with Gasteiger partial charge in [0.2, 0.25) is 0 Å². The fourth-order valence-corrected chi connectivity index (χ4v) is 2.31. The highest BCUT2D eigenvalue weighted by Crippen LogP contribution is 2.29. The van der Waals surface area contributed by atoms with Crippen LogP contribution in [0.2, 0.25) is 0 Å². The Morgan fingerprint density at radius 1 is 1.65 bits per heavy atom. The molecule has 0 spiro atoms. The van der Waals surface area contributed by atoms with E-state index in [-0.39, 0.29) is 12.0 Å². The second-order valence-electron chi connectivity index (χ2n) is 4.48. The van der Waals surface area contributed by atoms with Crippen molar-refractivity contribution in [3.63, 3.8) is 0 Å². The van der Waals surface area contributed by atoms with E-state index in [1.165, 1.54) is 7.11 Å². The number of carbonyl (C=O) groups is 1. The maximum Gasteiger partial charge on any atom is 0.255 e. The van der Waals surface area contributed by atoms with Crippen molar-refractivity contribution in [2.75, 3.05) is 39.1 Å². The van der Waals surface area contributed by atoms with Gasteiger partial charge >= 0.3 is 0 Å². The number of rotatable bonds is 4. The highest BCUT2D eigenvalue weighted by atomic mass is 79.9. The molecule has 1 amide bonds. The van der Waals surface area contributed by atoms with Crippen molar-refractivity contribution in [2.24, 2.45) is 0 Å². The molecule has 1 aromatic rings. The third-order valence-corrected chi connectivity index (χ3v) is 3.74. The van der Waals surface area contributed by atoms with Crippen LogP contribution in [0.25, 0.3) is 0 Å². The van der Waals surface area contributed by atoms with Crippen LogP contribution in [0.5, 0.6) is 5.75 Å². The topological polar surface area (TPSA) is 85.6 Å². The van der Waals surface area contributed by atoms with Gasteiger partial charge in [0.05, 0.1) is 25.4 Å². The smallest absolute Gasteiger partial charge is 0.255 e. The molecule has 0 aromatic heterocycles. The van der Waals surface area contributed by atoms with Gasteiger partial charge in [0.1, 0.15) is 5.75 Å². The average Bonchev–Trinajstić information content (AvgIpc) is 2.48. The van der Waals surface area contributed by atoms with Gasteiger partial charge in [-0.25, -0.2) is 0 Å². The van der Waals surface area contributed by atoms with E-state index in [1.807, 2.05) is 0 Å². The Balaban J connectivity index is 2.02.